The quantitative estimate of drug-likeness (QED) is 0.0343. The lowest BCUT2D eigenvalue weighted by molar-refractivity contribution is 0.288. The van der Waals surface area contributed by atoms with Crippen LogP contribution in [0.15, 0.2) is 132 Å². The van der Waals surface area contributed by atoms with E-state index < -0.39 is 10.8 Å². The normalized spacial score (nSPS) is 13.0. The smallest absolute Gasteiger partial charge is 0.123 e. The number of thiophene rings is 2. The molecule has 4 aromatic heterocycles. The Hall–Kier alpha value is -7.36. The van der Waals surface area contributed by atoms with Gasteiger partial charge in [-0.15, -0.1) is 45.3 Å². The van der Waals surface area contributed by atoms with E-state index in [0.29, 0.717) is 52.9 Å². The largest absolute Gasteiger partial charge is 0.493 e. The first-order valence-electron chi connectivity index (χ1n) is 43.6. The number of aromatic nitrogens is 2. The number of rotatable bonds is 54. The molecule has 6 aromatic carbocycles. The maximum atomic E-state index is 7.14. The third-order valence-corrected chi connectivity index (χ3v) is 26.6. The molecule has 112 heavy (non-hydrogen) atoms. The van der Waals surface area contributed by atoms with Gasteiger partial charge in [-0.05, 0) is 157 Å². The third kappa shape index (κ3) is 20.3. The minimum atomic E-state index is -1.03. The van der Waals surface area contributed by atoms with Crippen LogP contribution in [0.1, 0.15) is 305 Å². The molecule has 0 fully saturated rings. The zero-order valence-electron chi connectivity index (χ0n) is 68.8. The highest BCUT2D eigenvalue weighted by molar-refractivity contribution is 7.32. The zero-order valence-corrected chi connectivity index (χ0v) is 72.0. The van der Waals surface area contributed by atoms with Gasteiger partial charge in [-0.2, -0.15) is 0 Å². The number of fused-ring (bicyclic) bond motifs is 9. The number of hydrogen-bond donors (Lipinski definition) is 0. The fraction of sp³-hybridized carbons (Fsp3) is 0.510. The van der Waals surface area contributed by atoms with E-state index in [0.717, 1.165) is 295 Å². The first kappa shape index (κ1) is 84.0. The molecule has 2 aliphatic carbocycles. The van der Waals surface area contributed by atoms with Crippen molar-refractivity contribution in [2.24, 2.45) is 0 Å². The molecule has 0 bridgehead atoms. The first-order chi connectivity index (χ1) is 55.2. The molecule has 4 heterocycles. The van der Waals surface area contributed by atoms with Crippen molar-refractivity contribution in [2.45, 2.75) is 272 Å². The summed E-state index contributed by atoms with van der Waals surface area (Å²) in [5.41, 5.74) is 11.5. The predicted octanol–water partition coefficient (Wildman–Crippen LogP) is 29.6. The van der Waals surface area contributed by atoms with E-state index in [1.54, 1.807) is 22.7 Å². The van der Waals surface area contributed by atoms with Crippen LogP contribution in [0.4, 0.5) is 0 Å². The van der Waals surface area contributed by atoms with Gasteiger partial charge in [0.2, 0.25) is 0 Å². The Labute approximate surface area is 687 Å². The summed E-state index contributed by atoms with van der Waals surface area (Å²) in [6.45, 7) is 23.0. The molecule has 14 heteroatoms. The van der Waals surface area contributed by atoms with E-state index in [2.05, 4.69) is 175 Å². The summed E-state index contributed by atoms with van der Waals surface area (Å²) in [6.07, 6.45) is 38.8. The van der Waals surface area contributed by atoms with Gasteiger partial charge in [-0.25, -0.2) is 9.97 Å². The highest BCUT2D eigenvalue weighted by Gasteiger charge is 2.55. The number of thiazole rings is 2. The van der Waals surface area contributed by atoms with Crippen LogP contribution < -0.4 is 37.9 Å². The third-order valence-electron chi connectivity index (χ3n) is 22.4. The molecule has 0 saturated carbocycles. The van der Waals surface area contributed by atoms with Gasteiger partial charge in [0, 0.05) is 79.4 Å². The topological polar surface area (TPSA) is 99.6 Å². The molecule has 0 spiro atoms. The van der Waals surface area contributed by atoms with E-state index in [1.165, 1.54) is 52.5 Å². The summed E-state index contributed by atoms with van der Waals surface area (Å²) in [5, 5.41) is 6.14. The monoisotopic (exact) mass is 1590 g/mol. The summed E-state index contributed by atoms with van der Waals surface area (Å²) in [4.78, 5) is 12.6. The van der Waals surface area contributed by atoms with Crippen molar-refractivity contribution in [3.63, 3.8) is 0 Å². The van der Waals surface area contributed by atoms with E-state index in [9.17, 15) is 0 Å². The molecule has 12 rings (SSSR count). The lowest BCUT2D eigenvalue weighted by Crippen LogP contribution is -2.29. The van der Waals surface area contributed by atoms with Gasteiger partial charge < -0.3 is 37.9 Å². The summed E-state index contributed by atoms with van der Waals surface area (Å²) in [5.74, 6) is 6.40. The highest BCUT2D eigenvalue weighted by atomic mass is 32.1. The van der Waals surface area contributed by atoms with Crippen LogP contribution in [-0.4, -0.2) is 62.8 Å². The maximum absolute atomic E-state index is 7.14. The van der Waals surface area contributed by atoms with E-state index in [-0.39, 0.29) is 0 Å². The van der Waals surface area contributed by atoms with Crippen LogP contribution in [0.5, 0.6) is 46.0 Å². The Bertz CT molecular complexity index is 3930. The second kappa shape index (κ2) is 43.4. The summed E-state index contributed by atoms with van der Waals surface area (Å²) in [6, 6.07) is 41.9. The van der Waals surface area contributed by atoms with Crippen LogP contribution in [0, 0.1) is 0 Å². The second-order valence-electron chi connectivity index (χ2n) is 31.0. The molecule has 0 aliphatic heterocycles. The lowest BCUT2D eigenvalue weighted by atomic mass is 9.66. The summed E-state index contributed by atoms with van der Waals surface area (Å²) >= 11 is 7.25. The van der Waals surface area contributed by atoms with Gasteiger partial charge in [0.05, 0.1) is 73.1 Å². The van der Waals surface area contributed by atoms with Crippen LogP contribution in [0.25, 0.3) is 51.4 Å². The minimum absolute atomic E-state index is 0.597. The average molecular weight is 1590 g/mol. The molecule has 600 valence electrons. The fourth-order valence-electron chi connectivity index (χ4n) is 16.5. The number of hydrogen-bond acceptors (Lipinski definition) is 14. The highest BCUT2D eigenvalue weighted by Crippen LogP contribution is 2.70. The van der Waals surface area contributed by atoms with Crippen molar-refractivity contribution in [3.8, 4) is 88.0 Å². The van der Waals surface area contributed by atoms with Crippen LogP contribution in [0.3, 0.4) is 0 Å². The van der Waals surface area contributed by atoms with E-state index >= 15 is 0 Å². The Morgan fingerprint density at radius 1 is 0.268 bits per heavy atom. The molecule has 0 unspecified atom stereocenters. The first-order valence-corrected chi connectivity index (χ1v) is 47.0. The molecule has 0 radical (unpaired) electrons. The van der Waals surface area contributed by atoms with Gasteiger partial charge >= 0.3 is 0 Å². The van der Waals surface area contributed by atoms with Crippen LogP contribution >= 0.6 is 45.3 Å². The SMILES string of the molecule is CCCCCCOc1cc(OCCCCCC)cc(C2(c3cc(OCCCCCC)cc(OCCCCCC)c3)c3cc(-c4nccs4)ccc3-c3sc4c5c(sc4c32)-c2ccc(-c3nccs3)cc2C5(c2cc(OCCCCCC)cc(OCCCCCC)c2)c2cc(OCCCCCC)cc(OCCCCCC)c2)c1. The molecular formula is C98H126N2O8S4. The summed E-state index contributed by atoms with van der Waals surface area (Å²) in [7, 11) is 0. The molecule has 0 atom stereocenters. The van der Waals surface area contributed by atoms with E-state index in [1.807, 2.05) is 35.1 Å². The lowest BCUT2D eigenvalue weighted by Gasteiger charge is -2.35. The minimum Gasteiger partial charge on any atom is -0.493 e. The Morgan fingerprint density at radius 2 is 0.500 bits per heavy atom. The molecular weight excluding hydrogens is 1460 g/mol. The molecule has 10 aromatic rings. The van der Waals surface area contributed by atoms with Crippen LogP contribution in [-0.2, 0) is 10.8 Å². The molecule has 10 nitrogen and oxygen atoms in total. The maximum Gasteiger partial charge on any atom is 0.123 e. The fourth-order valence-corrected chi connectivity index (χ4v) is 20.9. The predicted molar refractivity (Wildman–Crippen MR) is 474 cm³/mol. The average Bonchev–Trinajstić information content (AvgIpc) is 1.49. The summed E-state index contributed by atoms with van der Waals surface area (Å²) < 4.78 is 59.6. The van der Waals surface area contributed by atoms with Gasteiger partial charge in [0.1, 0.15) is 56.0 Å². The second-order valence-corrected chi connectivity index (χ2v) is 34.8. The van der Waals surface area contributed by atoms with Crippen molar-refractivity contribution < 1.29 is 37.9 Å². The molecule has 0 saturated heterocycles. The zero-order chi connectivity index (χ0) is 77.8. The standard InChI is InChI=1S/C98H126N2O8S4/c1-9-17-25-33-47-101-77-59-73(60-78(67-77)102-48-34-26-18-10-2)97(74-61-79(103-49-35-27-19-11-3)68-80(62-74)104-50-36-28-20-12-4)87-57-71(95-99-45-55-109-95)41-43-85(87)91-89(97)93-94(111-91)90-92(112-93)86-44-42-72(96-100-46-56-110-96)58-88(86)98(90,75-63-81(105-51-37-29-21-13-5)69-82(64-75)106-52-38-30-22-14-6)76-65-83(107-53-39-31-23-15-7)70-84(66-76)108-54-40-32-24-16-8/h41-46,55-70H,9-40,47-54H2,1-8H3. The van der Waals surface area contributed by atoms with Gasteiger partial charge in [-0.3, -0.25) is 0 Å². The molecule has 0 N–H and O–H groups in total. The Morgan fingerprint density at radius 3 is 0.705 bits per heavy atom. The Kier molecular flexibility index (Phi) is 32.6. The van der Waals surface area contributed by atoms with Crippen molar-refractivity contribution in [2.75, 3.05) is 52.9 Å². The van der Waals surface area contributed by atoms with Gasteiger partial charge in [-0.1, -0.05) is 234 Å². The van der Waals surface area contributed by atoms with Crippen molar-refractivity contribution in [3.05, 3.63) is 177 Å². The van der Waals surface area contributed by atoms with Gasteiger partial charge in [0.25, 0.3) is 0 Å². The van der Waals surface area contributed by atoms with Crippen molar-refractivity contribution in [1.29, 1.82) is 0 Å². The molecule has 2 aliphatic rings. The Balaban J connectivity index is 1.22. The number of ether oxygens (including phenoxy) is 8. The van der Waals surface area contributed by atoms with Crippen molar-refractivity contribution >= 4 is 54.7 Å². The van der Waals surface area contributed by atoms with Crippen molar-refractivity contribution in [1.82, 2.24) is 9.97 Å². The van der Waals surface area contributed by atoms with Gasteiger partial charge in [0.15, 0.2) is 0 Å². The number of nitrogens with zero attached hydrogens (tertiary/aromatic N) is 2. The van der Waals surface area contributed by atoms with Crippen LogP contribution in [0.2, 0.25) is 0 Å². The molecule has 0 amide bonds. The number of benzene rings is 6. The van der Waals surface area contributed by atoms with E-state index in [4.69, 9.17) is 47.9 Å². The number of unbranched alkanes of at least 4 members (excludes halogenated alkanes) is 24.